The Hall–Kier alpha value is -1.50. The average Bonchev–Trinajstić information content (AvgIpc) is 2.98. The van der Waals surface area contributed by atoms with Crippen LogP contribution >= 0.6 is 0 Å². The number of carbonyl (C=O) groups is 2. The Morgan fingerprint density at radius 2 is 1.79 bits per heavy atom. The third-order valence-corrected chi connectivity index (χ3v) is 11.1. The maximum absolute atomic E-state index is 13.1. The highest BCUT2D eigenvalue weighted by Gasteiger charge is 2.46. The molecule has 0 bridgehead atoms. The molecular formula is C22H36N2O3Si. The van der Waals surface area contributed by atoms with Crippen LogP contribution in [0.15, 0.2) is 18.2 Å². The van der Waals surface area contributed by atoms with Gasteiger partial charge in [0.15, 0.2) is 8.32 Å². The number of amides is 1. The first-order valence-electron chi connectivity index (χ1n) is 10.1. The van der Waals surface area contributed by atoms with Crippen molar-refractivity contribution in [2.75, 3.05) is 0 Å². The summed E-state index contributed by atoms with van der Waals surface area (Å²) in [6.07, 6.45) is 1.42. The SMILES string of the molecule is Cc1ccc(CC(=O)[C@H]2C[C@@H](O[Si](C)(C)C(C)(C)C)C[C@@H]2C(=O)NN)c(C)c1. The van der Waals surface area contributed by atoms with Crippen molar-refractivity contribution in [3.8, 4) is 0 Å². The Balaban J connectivity index is 2.18. The molecule has 3 atom stereocenters. The van der Waals surface area contributed by atoms with Crippen molar-refractivity contribution < 1.29 is 14.0 Å². The zero-order valence-electron chi connectivity index (χ0n) is 18.4. The van der Waals surface area contributed by atoms with E-state index in [1.54, 1.807) is 0 Å². The summed E-state index contributed by atoms with van der Waals surface area (Å²) in [5, 5.41) is 0.0831. The molecule has 0 saturated heterocycles. The quantitative estimate of drug-likeness (QED) is 0.327. The van der Waals surface area contributed by atoms with Crippen molar-refractivity contribution in [2.24, 2.45) is 17.7 Å². The second-order valence-corrected chi connectivity index (χ2v) is 14.5. The van der Waals surface area contributed by atoms with Gasteiger partial charge in [0.2, 0.25) is 5.91 Å². The van der Waals surface area contributed by atoms with Crippen LogP contribution in [0.5, 0.6) is 0 Å². The van der Waals surface area contributed by atoms with Gasteiger partial charge >= 0.3 is 0 Å². The summed E-state index contributed by atoms with van der Waals surface area (Å²) in [6.45, 7) is 15.1. The van der Waals surface area contributed by atoms with Gasteiger partial charge in [0.1, 0.15) is 5.78 Å². The highest BCUT2D eigenvalue weighted by molar-refractivity contribution is 6.74. The van der Waals surface area contributed by atoms with Gasteiger partial charge < -0.3 is 4.43 Å². The molecule has 1 aliphatic rings. The fourth-order valence-electron chi connectivity index (χ4n) is 3.80. The lowest BCUT2D eigenvalue weighted by atomic mass is 9.87. The second-order valence-electron chi connectivity index (χ2n) is 9.77. The first-order valence-corrected chi connectivity index (χ1v) is 13.0. The van der Waals surface area contributed by atoms with Crippen molar-refractivity contribution >= 4 is 20.0 Å². The van der Waals surface area contributed by atoms with Crippen LogP contribution in [-0.4, -0.2) is 26.1 Å². The van der Waals surface area contributed by atoms with Crippen molar-refractivity contribution in [3.63, 3.8) is 0 Å². The molecule has 0 aliphatic heterocycles. The molecule has 1 aliphatic carbocycles. The number of nitrogens with one attached hydrogen (secondary N) is 1. The van der Waals surface area contributed by atoms with Crippen molar-refractivity contribution in [1.82, 2.24) is 5.43 Å². The largest absolute Gasteiger partial charge is 0.414 e. The van der Waals surface area contributed by atoms with Gasteiger partial charge in [-0.3, -0.25) is 15.0 Å². The molecule has 1 aromatic rings. The Morgan fingerprint density at radius 3 is 2.32 bits per heavy atom. The number of rotatable bonds is 6. The molecule has 0 radical (unpaired) electrons. The average molecular weight is 405 g/mol. The lowest BCUT2D eigenvalue weighted by Gasteiger charge is -2.38. The van der Waals surface area contributed by atoms with Gasteiger partial charge in [0.25, 0.3) is 0 Å². The molecule has 6 heteroatoms. The Kier molecular flexibility index (Phi) is 6.89. The maximum atomic E-state index is 13.1. The minimum absolute atomic E-state index is 0.0729. The van der Waals surface area contributed by atoms with Gasteiger partial charge in [-0.25, -0.2) is 5.84 Å². The summed E-state index contributed by atoms with van der Waals surface area (Å²) in [7, 11) is -1.97. The van der Waals surface area contributed by atoms with E-state index in [1.165, 1.54) is 5.56 Å². The lowest BCUT2D eigenvalue weighted by Crippen LogP contribution is -2.43. The molecule has 28 heavy (non-hydrogen) atoms. The van der Waals surface area contributed by atoms with E-state index in [9.17, 15) is 9.59 Å². The van der Waals surface area contributed by atoms with Crippen LogP contribution in [0.25, 0.3) is 0 Å². The first kappa shape index (κ1) is 22.8. The van der Waals surface area contributed by atoms with Crippen LogP contribution in [0.3, 0.4) is 0 Å². The summed E-state index contributed by atoms with van der Waals surface area (Å²) in [5.74, 6) is 4.48. The molecule has 0 unspecified atom stereocenters. The van der Waals surface area contributed by atoms with Gasteiger partial charge in [-0.15, -0.1) is 0 Å². The zero-order valence-corrected chi connectivity index (χ0v) is 19.4. The van der Waals surface area contributed by atoms with E-state index in [2.05, 4.69) is 45.4 Å². The van der Waals surface area contributed by atoms with E-state index in [-0.39, 0.29) is 28.8 Å². The van der Waals surface area contributed by atoms with Crippen LogP contribution in [0.1, 0.15) is 50.3 Å². The molecule has 0 aromatic heterocycles. The van der Waals surface area contributed by atoms with Gasteiger partial charge in [0, 0.05) is 18.4 Å². The van der Waals surface area contributed by atoms with E-state index in [1.807, 2.05) is 26.0 Å². The third-order valence-electron chi connectivity index (χ3n) is 6.54. The standard InChI is InChI=1S/C22H36N2O3Si/c1-14-8-9-16(15(2)10-14)11-20(25)18-12-17(13-19(18)21(26)24-23)27-28(6,7)22(3,4)5/h8-10,17-19H,11-13,23H2,1-7H3,(H,24,26)/t17-,18+,19+/m1/s1. The Bertz CT molecular complexity index is 740. The molecule has 1 saturated carbocycles. The number of ketones is 1. The normalized spacial score (nSPS) is 22.9. The second kappa shape index (κ2) is 8.47. The first-order chi connectivity index (χ1) is 12.9. The molecule has 1 amide bonds. The highest BCUT2D eigenvalue weighted by atomic mass is 28.4. The maximum Gasteiger partial charge on any atom is 0.237 e. The van der Waals surface area contributed by atoms with Gasteiger partial charge in [-0.05, 0) is 55.9 Å². The van der Waals surface area contributed by atoms with Crippen LogP contribution < -0.4 is 11.3 Å². The van der Waals surface area contributed by atoms with Crippen molar-refractivity contribution in [1.29, 1.82) is 0 Å². The Labute approximate surface area is 170 Å². The topological polar surface area (TPSA) is 81.4 Å². The predicted molar refractivity (Wildman–Crippen MR) is 115 cm³/mol. The summed E-state index contributed by atoms with van der Waals surface area (Å²) >= 11 is 0. The number of aryl methyl sites for hydroxylation is 2. The monoisotopic (exact) mass is 404 g/mol. The van der Waals surface area contributed by atoms with Crippen LogP contribution in [0.4, 0.5) is 0 Å². The number of nitrogens with two attached hydrogens (primary N) is 1. The van der Waals surface area contributed by atoms with Gasteiger partial charge in [-0.2, -0.15) is 0 Å². The number of hydrogen-bond acceptors (Lipinski definition) is 4. The molecule has 0 spiro atoms. The van der Waals surface area contributed by atoms with Gasteiger partial charge in [0.05, 0.1) is 5.92 Å². The molecule has 1 aromatic carbocycles. The van der Waals surface area contributed by atoms with Crippen LogP contribution in [0, 0.1) is 25.7 Å². The summed E-state index contributed by atoms with van der Waals surface area (Å²) in [5.41, 5.74) is 5.57. The molecule has 0 heterocycles. The van der Waals surface area contributed by atoms with Crippen LogP contribution in [-0.2, 0) is 20.4 Å². The number of hydrogen-bond donors (Lipinski definition) is 2. The smallest absolute Gasteiger partial charge is 0.237 e. The van der Waals surface area contributed by atoms with E-state index in [0.29, 0.717) is 19.3 Å². The number of hydrazine groups is 1. The molecule has 5 nitrogen and oxygen atoms in total. The summed E-state index contributed by atoms with van der Waals surface area (Å²) in [4.78, 5) is 25.5. The lowest BCUT2D eigenvalue weighted by molar-refractivity contribution is -0.132. The Morgan fingerprint density at radius 1 is 1.18 bits per heavy atom. The molecular weight excluding hydrogens is 368 g/mol. The van der Waals surface area contributed by atoms with Crippen molar-refractivity contribution in [3.05, 3.63) is 34.9 Å². The zero-order chi connectivity index (χ0) is 21.3. The molecule has 3 N–H and O–H groups in total. The number of Topliss-reactive ketones (excluding diaryl/α,β-unsaturated/α-hetero) is 1. The third kappa shape index (κ3) is 5.10. The summed E-state index contributed by atoms with van der Waals surface area (Å²) < 4.78 is 6.52. The minimum Gasteiger partial charge on any atom is -0.414 e. The summed E-state index contributed by atoms with van der Waals surface area (Å²) in [6, 6.07) is 6.13. The van der Waals surface area contributed by atoms with E-state index < -0.39 is 14.2 Å². The molecule has 2 rings (SSSR count). The molecule has 156 valence electrons. The van der Waals surface area contributed by atoms with E-state index in [0.717, 1.165) is 11.1 Å². The predicted octanol–water partition coefficient (Wildman–Crippen LogP) is 3.82. The number of benzene rings is 1. The van der Waals surface area contributed by atoms with E-state index in [4.69, 9.17) is 10.3 Å². The fourth-order valence-corrected chi connectivity index (χ4v) is 5.18. The van der Waals surface area contributed by atoms with Crippen LogP contribution in [0.2, 0.25) is 18.1 Å². The fraction of sp³-hybridized carbons (Fsp3) is 0.636. The number of carbonyl (C=O) groups excluding carboxylic acids is 2. The highest BCUT2D eigenvalue weighted by Crippen LogP contribution is 2.42. The van der Waals surface area contributed by atoms with Gasteiger partial charge in [-0.1, -0.05) is 44.5 Å². The van der Waals surface area contributed by atoms with E-state index >= 15 is 0 Å². The minimum atomic E-state index is -1.97. The molecule has 1 fully saturated rings. The van der Waals surface area contributed by atoms with Crippen molar-refractivity contribution in [2.45, 2.75) is 78.1 Å².